The maximum absolute atomic E-state index is 12.4. The molecule has 3 N–H and O–H groups in total. The third kappa shape index (κ3) is 5.83. The van der Waals surface area contributed by atoms with Crippen molar-refractivity contribution >= 4 is 34.8 Å². The fraction of sp³-hybridized carbons (Fsp3) is 0.348. The van der Waals surface area contributed by atoms with E-state index in [9.17, 15) is 14.4 Å². The van der Waals surface area contributed by atoms with Gasteiger partial charge in [0.25, 0.3) is 5.91 Å². The summed E-state index contributed by atoms with van der Waals surface area (Å²) in [4.78, 5) is 38.3. The largest absolute Gasteiger partial charge is 0.376 e. The van der Waals surface area contributed by atoms with Crippen molar-refractivity contribution in [3.05, 3.63) is 54.1 Å². The fourth-order valence-corrected chi connectivity index (χ4v) is 3.18. The summed E-state index contributed by atoms with van der Waals surface area (Å²) in [5.74, 6) is -0.350. The Balaban J connectivity index is 1.50. The number of nitrogens with one attached hydrogen (secondary N) is 3. The van der Waals surface area contributed by atoms with Gasteiger partial charge in [-0.05, 0) is 55.3 Å². The zero-order valence-corrected chi connectivity index (χ0v) is 17.4. The van der Waals surface area contributed by atoms with Gasteiger partial charge in [0.1, 0.15) is 0 Å². The molecule has 0 bridgehead atoms. The van der Waals surface area contributed by atoms with Gasteiger partial charge in [0, 0.05) is 41.6 Å². The number of hydrogen-bond acceptors (Lipinski definition) is 4. The number of likely N-dealkylation sites (tertiary alicyclic amines) is 1. The van der Waals surface area contributed by atoms with E-state index in [4.69, 9.17) is 0 Å². The van der Waals surface area contributed by atoms with Crippen molar-refractivity contribution < 1.29 is 14.4 Å². The molecule has 1 heterocycles. The van der Waals surface area contributed by atoms with Gasteiger partial charge < -0.3 is 20.9 Å². The Bertz CT molecular complexity index is 903. The van der Waals surface area contributed by atoms with E-state index in [-0.39, 0.29) is 30.2 Å². The van der Waals surface area contributed by atoms with Gasteiger partial charge in [-0.2, -0.15) is 0 Å². The zero-order valence-electron chi connectivity index (χ0n) is 17.4. The highest BCUT2D eigenvalue weighted by molar-refractivity contribution is 5.97. The first kappa shape index (κ1) is 21.4. The number of carbonyl (C=O) groups is 3. The van der Waals surface area contributed by atoms with Crippen LogP contribution in [0.5, 0.6) is 0 Å². The molecule has 7 heteroatoms. The molecule has 0 atom stereocenters. The summed E-state index contributed by atoms with van der Waals surface area (Å²) in [5.41, 5.74) is 2.67. The Morgan fingerprint density at radius 2 is 1.53 bits per heavy atom. The molecule has 30 heavy (non-hydrogen) atoms. The molecular formula is C23H28N4O3. The molecule has 0 radical (unpaired) electrons. The average Bonchev–Trinajstić information content (AvgIpc) is 3.27. The van der Waals surface area contributed by atoms with E-state index >= 15 is 0 Å². The van der Waals surface area contributed by atoms with Gasteiger partial charge in [0.05, 0.1) is 6.54 Å². The molecule has 3 rings (SSSR count). The molecule has 0 spiro atoms. The second-order valence-corrected chi connectivity index (χ2v) is 7.70. The molecule has 1 aliphatic rings. The average molecular weight is 409 g/mol. The van der Waals surface area contributed by atoms with Crippen LogP contribution in [0, 0.1) is 5.92 Å². The van der Waals surface area contributed by atoms with Crippen molar-refractivity contribution in [2.24, 2.45) is 5.92 Å². The van der Waals surface area contributed by atoms with Crippen molar-refractivity contribution in [3.8, 4) is 0 Å². The van der Waals surface area contributed by atoms with Crippen LogP contribution in [0.25, 0.3) is 0 Å². The SMILES string of the molecule is CC(C)C(=O)Nc1cccc(NC(=O)CNc2ccc(C(=O)N3CCCC3)cc2)c1. The summed E-state index contributed by atoms with van der Waals surface area (Å²) in [5, 5.41) is 8.67. The van der Waals surface area contributed by atoms with Gasteiger partial charge in [0.2, 0.25) is 11.8 Å². The number of carbonyl (C=O) groups excluding carboxylic acids is 3. The summed E-state index contributed by atoms with van der Waals surface area (Å²) in [6, 6.07) is 14.2. The molecule has 3 amide bonds. The van der Waals surface area contributed by atoms with Crippen LogP contribution in [-0.2, 0) is 9.59 Å². The van der Waals surface area contributed by atoms with Crippen molar-refractivity contribution in [2.75, 3.05) is 35.6 Å². The first-order valence-corrected chi connectivity index (χ1v) is 10.3. The number of anilines is 3. The number of rotatable bonds is 7. The van der Waals surface area contributed by atoms with E-state index in [1.807, 2.05) is 18.7 Å². The second kappa shape index (κ2) is 9.91. The molecule has 1 saturated heterocycles. The smallest absolute Gasteiger partial charge is 0.253 e. The predicted octanol–water partition coefficient (Wildman–Crippen LogP) is 3.57. The van der Waals surface area contributed by atoms with Gasteiger partial charge in [-0.1, -0.05) is 19.9 Å². The van der Waals surface area contributed by atoms with E-state index in [2.05, 4.69) is 16.0 Å². The van der Waals surface area contributed by atoms with Gasteiger partial charge in [-0.3, -0.25) is 14.4 Å². The summed E-state index contributed by atoms with van der Waals surface area (Å²) in [6.07, 6.45) is 2.13. The van der Waals surface area contributed by atoms with E-state index in [0.29, 0.717) is 16.9 Å². The maximum Gasteiger partial charge on any atom is 0.253 e. The molecular weight excluding hydrogens is 380 g/mol. The Hall–Kier alpha value is -3.35. The monoisotopic (exact) mass is 408 g/mol. The van der Waals surface area contributed by atoms with E-state index < -0.39 is 0 Å². The van der Waals surface area contributed by atoms with E-state index in [1.165, 1.54) is 0 Å². The first-order valence-electron chi connectivity index (χ1n) is 10.3. The predicted molar refractivity (Wildman–Crippen MR) is 119 cm³/mol. The number of benzene rings is 2. The summed E-state index contributed by atoms with van der Waals surface area (Å²) >= 11 is 0. The van der Waals surface area contributed by atoms with Crippen LogP contribution >= 0.6 is 0 Å². The Kier molecular flexibility index (Phi) is 7.06. The van der Waals surface area contributed by atoms with Crippen molar-refractivity contribution in [1.29, 1.82) is 0 Å². The van der Waals surface area contributed by atoms with Crippen LogP contribution in [0.3, 0.4) is 0 Å². The normalized spacial score (nSPS) is 13.2. The van der Waals surface area contributed by atoms with Crippen LogP contribution in [-0.4, -0.2) is 42.3 Å². The van der Waals surface area contributed by atoms with Crippen molar-refractivity contribution in [2.45, 2.75) is 26.7 Å². The van der Waals surface area contributed by atoms with Crippen LogP contribution in [0.1, 0.15) is 37.0 Å². The van der Waals surface area contributed by atoms with Crippen LogP contribution in [0.4, 0.5) is 17.1 Å². The minimum Gasteiger partial charge on any atom is -0.376 e. The summed E-state index contributed by atoms with van der Waals surface area (Å²) < 4.78 is 0. The quantitative estimate of drug-likeness (QED) is 0.653. The molecule has 2 aromatic rings. The fourth-order valence-electron chi connectivity index (χ4n) is 3.18. The lowest BCUT2D eigenvalue weighted by Crippen LogP contribution is -2.27. The number of nitrogens with zero attached hydrogens (tertiary/aromatic N) is 1. The molecule has 0 aromatic heterocycles. The van der Waals surface area contributed by atoms with Gasteiger partial charge >= 0.3 is 0 Å². The van der Waals surface area contributed by atoms with Crippen molar-refractivity contribution in [3.63, 3.8) is 0 Å². The minimum absolute atomic E-state index is 0.0567. The first-order chi connectivity index (χ1) is 14.4. The zero-order chi connectivity index (χ0) is 21.5. The number of amides is 3. The lowest BCUT2D eigenvalue weighted by Gasteiger charge is -2.15. The van der Waals surface area contributed by atoms with Gasteiger partial charge in [0.15, 0.2) is 0 Å². The minimum atomic E-state index is -0.209. The molecule has 158 valence electrons. The van der Waals surface area contributed by atoms with E-state index in [1.54, 1.807) is 48.5 Å². The molecule has 0 unspecified atom stereocenters. The maximum atomic E-state index is 12.4. The molecule has 1 fully saturated rings. The molecule has 2 aromatic carbocycles. The summed E-state index contributed by atoms with van der Waals surface area (Å²) in [7, 11) is 0. The Labute approximate surface area is 176 Å². The van der Waals surface area contributed by atoms with Crippen LogP contribution in [0.2, 0.25) is 0 Å². The summed E-state index contributed by atoms with van der Waals surface area (Å²) in [6.45, 7) is 5.37. The third-order valence-electron chi connectivity index (χ3n) is 4.92. The van der Waals surface area contributed by atoms with Crippen molar-refractivity contribution in [1.82, 2.24) is 4.90 Å². The van der Waals surface area contributed by atoms with Crippen LogP contribution in [0.15, 0.2) is 48.5 Å². The second-order valence-electron chi connectivity index (χ2n) is 7.70. The molecule has 1 aliphatic heterocycles. The number of hydrogen-bond donors (Lipinski definition) is 3. The standard InChI is InChI=1S/C23H28N4O3/c1-16(2)22(29)26-20-7-5-6-19(14-20)25-21(28)15-24-18-10-8-17(9-11-18)23(30)27-12-3-4-13-27/h5-11,14,16,24H,3-4,12-13,15H2,1-2H3,(H,25,28)(H,26,29). The topological polar surface area (TPSA) is 90.5 Å². The van der Waals surface area contributed by atoms with Gasteiger partial charge in [-0.25, -0.2) is 0 Å². The Morgan fingerprint density at radius 3 is 2.17 bits per heavy atom. The molecule has 0 saturated carbocycles. The lowest BCUT2D eigenvalue weighted by atomic mass is 10.2. The highest BCUT2D eigenvalue weighted by Crippen LogP contribution is 2.17. The lowest BCUT2D eigenvalue weighted by molar-refractivity contribution is -0.119. The van der Waals surface area contributed by atoms with E-state index in [0.717, 1.165) is 31.6 Å². The highest BCUT2D eigenvalue weighted by atomic mass is 16.2. The molecule has 0 aliphatic carbocycles. The third-order valence-corrected chi connectivity index (χ3v) is 4.92. The van der Waals surface area contributed by atoms with Crippen LogP contribution < -0.4 is 16.0 Å². The molecule has 7 nitrogen and oxygen atoms in total. The highest BCUT2D eigenvalue weighted by Gasteiger charge is 2.19. The van der Waals surface area contributed by atoms with Gasteiger partial charge in [-0.15, -0.1) is 0 Å². The Morgan fingerprint density at radius 1 is 0.900 bits per heavy atom.